The van der Waals surface area contributed by atoms with E-state index in [1.54, 1.807) is 0 Å². The van der Waals surface area contributed by atoms with Crippen molar-refractivity contribution in [3.8, 4) is 0 Å². The summed E-state index contributed by atoms with van der Waals surface area (Å²) in [5, 5.41) is 0.902. The molecule has 2 aromatic heterocycles. The van der Waals surface area contributed by atoms with Crippen molar-refractivity contribution in [1.29, 1.82) is 0 Å². The summed E-state index contributed by atoms with van der Waals surface area (Å²) in [4.78, 5) is 19.1. The molecule has 4 rings (SSSR count). The van der Waals surface area contributed by atoms with Crippen LogP contribution >= 0.6 is 11.3 Å². The van der Waals surface area contributed by atoms with Crippen LogP contribution < -0.4 is 15.6 Å². The fourth-order valence-corrected chi connectivity index (χ4v) is 4.29. The van der Waals surface area contributed by atoms with Crippen molar-refractivity contribution in [2.75, 3.05) is 19.3 Å². The second kappa shape index (κ2) is 5.65. The molecule has 3 heterocycles. The standard InChI is InChI=1S/C18H16FN3OS/c1-22-7-6-14-11(9-22)8-13-15(20)17(24-18(13)21-14)16(23)10-2-4-12(19)5-3-10/h2-5,8H,6-7,9,20H2,1H3/p+2. The minimum atomic E-state index is -0.358. The number of thiophene rings is 1. The Morgan fingerprint density at radius 3 is 2.83 bits per heavy atom. The zero-order valence-corrected chi connectivity index (χ0v) is 14.1. The van der Waals surface area contributed by atoms with Gasteiger partial charge in [0.25, 0.3) is 4.83 Å². The number of hydrogen-bond acceptors (Lipinski definition) is 3. The highest BCUT2D eigenvalue weighted by molar-refractivity contribution is 7.21. The molecule has 0 aliphatic carbocycles. The van der Waals surface area contributed by atoms with Gasteiger partial charge >= 0.3 is 0 Å². The molecule has 4 N–H and O–H groups in total. The first-order valence-electron chi connectivity index (χ1n) is 7.90. The van der Waals surface area contributed by atoms with Crippen LogP contribution in [-0.2, 0) is 13.0 Å². The van der Waals surface area contributed by atoms with Gasteiger partial charge in [0.05, 0.1) is 36.7 Å². The molecular formula is C18H18FN3OS+2. The summed E-state index contributed by atoms with van der Waals surface area (Å²) >= 11 is 1.37. The van der Waals surface area contributed by atoms with Crippen LogP contribution in [0.25, 0.3) is 10.2 Å². The number of benzene rings is 1. The highest BCUT2D eigenvalue weighted by Gasteiger charge is 2.27. The zero-order valence-electron chi connectivity index (χ0n) is 13.3. The van der Waals surface area contributed by atoms with Gasteiger partial charge < -0.3 is 10.6 Å². The lowest BCUT2D eigenvalue weighted by Crippen LogP contribution is -3.08. The number of likely N-dealkylation sites (N-methyl/N-ethyl adjacent to an activating group) is 1. The molecule has 3 aromatic rings. The number of H-pyrrole nitrogens is 1. The Labute approximate surface area is 142 Å². The molecule has 6 heteroatoms. The van der Waals surface area contributed by atoms with E-state index in [2.05, 4.69) is 18.1 Å². The minimum Gasteiger partial charge on any atom is -0.397 e. The molecule has 0 saturated carbocycles. The molecule has 0 spiro atoms. The number of anilines is 1. The predicted molar refractivity (Wildman–Crippen MR) is 91.8 cm³/mol. The van der Waals surface area contributed by atoms with Gasteiger partial charge in [-0.05, 0) is 30.3 Å². The number of fused-ring (bicyclic) bond motifs is 2. The van der Waals surface area contributed by atoms with E-state index < -0.39 is 0 Å². The molecule has 0 bridgehead atoms. The van der Waals surface area contributed by atoms with Gasteiger partial charge in [-0.15, -0.1) is 0 Å². The zero-order chi connectivity index (χ0) is 16.8. The predicted octanol–water partition coefficient (Wildman–Crippen LogP) is 1.24. The van der Waals surface area contributed by atoms with E-state index >= 15 is 0 Å². The third-order valence-electron chi connectivity index (χ3n) is 4.56. The van der Waals surface area contributed by atoms with Gasteiger partial charge in [-0.2, -0.15) is 4.98 Å². The van der Waals surface area contributed by atoms with Crippen LogP contribution in [-0.4, -0.2) is 19.4 Å². The summed E-state index contributed by atoms with van der Waals surface area (Å²) in [5.74, 6) is -0.522. The Balaban J connectivity index is 1.80. The van der Waals surface area contributed by atoms with Crippen LogP contribution in [0.2, 0.25) is 0 Å². The first-order chi connectivity index (χ1) is 11.5. The molecule has 0 fully saturated rings. The molecule has 24 heavy (non-hydrogen) atoms. The van der Waals surface area contributed by atoms with Crippen LogP contribution in [0.3, 0.4) is 0 Å². The van der Waals surface area contributed by atoms with Crippen molar-refractivity contribution in [2.24, 2.45) is 0 Å². The lowest BCUT2D eigenvalue weighted by atomic mass is 10.0. The van der Waals surface area contributed by atoms with E-state index in [1.807, 2.05) is 0 Å². The van der Waals surface area contributed by atoms with Crippen LogP contribution in [0.1, 0.15) is 26.5 Å². The van der Waals surface area contributed by atoms with E-state index in [1.165, 1.54) is 51.8 Å². The Bertz CT molecular complexity index is 949. The SMILES string of the molecule is C[NH+]1CCc2[nH+]c3sc(C(=O)c4ccc(F)cc4)c(N)c3cc2C1. The number of ketones is 1. The van der Waals surface area contributed by atoms with Crippen molar-refractivity contribution >= 4 is 33.0 Å². The normalized spacial score (nSPS) is 17.0. The van der Waals surface area contributed by atoms with Gasteiger partial charge in [-0.1, -0.05) is 11.3 Å². The number of halogens is 1. The summed E-state index contributed by atoms with van der Waals surface area (Å²) in [6.45, 7) is 2.05. The molecule has 1 aliphatic rings. The molecular weight excluding hydrogens is 325 g/mol. The second-order valence-corrected chi connectivity index (χ2v) is 7.35. The number of nitrogen functional groups attached to an aromatic ring is 1. The smallest absolute Gasteiger partial charge is 0.270 e. The quantitative estimate of drug-likeness (QED) is 0.688. The number of carbonyl (C=O) groups excluding carboxylic acids is 1. The van der Waals surface area contributed by atoms with Crippen LogP contribution in [0.15, 0.2) is 30.3 Å². The molecule has 1 atom stereocenters. The fourth-order valence-electron chi connectivity index (χ4n) is 3.21. The first-order valence-corrected chi connectivity index (χ1v) is 8.72. The lowest BCUT2D eigenvalue weighted by molar-refractivity contribution is -0.896. The number of carbonyl (C=O) groups is 1. The Morgan fingerprint density at radius 2 is 2.08 bits per heavy atom. The van der Waals surface area contributed by atoms with Gasteiger partial charge in [0, 0.05) is 5.56 Å². The largest absolute Gasteiger partial charge is 0.397 e. The number of pyridine rings is 1. The Hall–Kier alpha value is -2.31. The van der Waals surface area contributed by atoms with Gasteiger partial charge in [0.2, 0.25) is 5.78 Å². The number of nitrogens with one attached hydrogen (secondary N) is 2. The van der Waals surface area contributed by atoms with E-state index in [0.29, 0.717) is 16.1 Å². The highest BCUT2D eigenvalue weighted by atomic mass is 32.1. The van der Waals surface area contributed by atoms with Crippen molar-refractivity contribution < 1.29 is 19.1 Å². The van der Waals surface area contributed by atoms with E-state index in [9.17, 15) is 9.18 Å². The monoisotopic (exact) mass is 343 g/mol. The maximum Gasteiger partial charge on any atom is 0.270 e. The molecule has 0 radical (unpaired) electrons. The average Bonchev–Trinajstić information content (AvgIpc) is 2.89. The van der Waals surface area contributed by atoms with Crippen LogP contribution in [0.5, 0.6) is 0 Å². The molecule has 122 valence electrons. The van der Waals surface area contributed by atoms with Crippen LogP contribution in [0.4, 0.5) is 10.1 Å². The Morgan fingerprint density at radius 1 is 1.33 bits per heavy atom. The number of nitrogens with two attached hydrogens (primary N) is 1. The molecule has 1 unspecified atom stereocenters. The van der Waals surface area contributed by atoms with E-state index in [4.69, 9.17) is 5.73 Å². The summed E-state index contributed by atoms with van der Waals surface area (Å²) in [7, 11) is 2.17. The number of quaternary nitrogens is 1. The number of hydrogen-bond donors (Lipinski definition) is 2. The number of aromatic nitrogens is 1. The maximum absolute atomic E-state index is 13.1. The summed E-state index contributed by atoms with van der Waals surface area (Å²) < 4.78 is 13.1. The topological polar surface area (TPSA) is 61.7 Å². The minimum absolute atomic E-state index is 0.164. The van der Waals surface area contributed by atoms with Gasteiger partial charge in [-0.3, -0.25) is 4.79 Å². The van der Waals surface area contributed by atoms with Gasteiger partial charge in [0.1, 0.15) is 17.2 Å². The Kier molecular flexibility index (Phi) is 3.58. The lowest BCUT2D eigenvalue weighted by Gasteiger charge is -2.18. The molecule has 1 aliphatic heterocycles. The van der Waals surface area contributed by atoms with Crippen molar-refractivity contribution in [3.63, 3.8) is 0 Å². The highest BCUT2D eigenvalue weighted by Crippen LogP contribution is 2.33. The maximum atomic E-state index is 13.1. The van der Waals surface area contributed by atoms with E-state index in [-0.39, 0.29) is 11.6 Å². The molecule has 1 aromatic carbocycles. The number of rotatable bonds is 2. The third kappa shape index (κ3) is 2.48. The molecule has 0 amide bonds. The fraction of sp³-hybridized carbons (Fsp3) is 0.222. The average molecular weight is 343 g/mol. The van der Waals surface area contributed by atoms with Crippen molar-refractivity contribution in [1.82, 2.24) is 0 Å². The van der Waals surface area contributed by atoms with Crippen LogP contribution in [0, 0.1) is 5.82 Å². The molecule has 0 saturated heterocycles. The van der Waals surface area contributed by atoms with Crippen molar-refractivity contribution in [2.45, 2.75) is 13.0 Å². The summed E-state index contributed by atoms with van der Waals surface area (Å²) in [6, 6.07) is 7.68. The van der Waals surface area contributed by atoms with Gasteiger partial charge in [0.15, 0.2) is 5.69 Å². The van der Waals surface area contributed by atoms with E-state index in [0.717, 1.165) is 29.7 Å². The van der Waals surface area contributed by atoms with Gasteiger partial charge in [-0.25, -0.2) is 4.39 Å². The second-order valence-electron chi connectivity index (χ2n) is 6.33. The third-order valence-corrected chi connectivity index (χ3v) is 5.70. The summed E-state index contributed by atoms with van der Waals surface area (Å²) in [6.07, 6.45) is 0.996. The van der Waals surface area contributed by atoms with Crippen molar-refractivity contribution in [3.05, 3.63) is 57.8 Å². The number of aromatic amines is 1. The molecule has 4 nitrogen and oxygen atoms in total. The summed E-state index contributed by atoms with van der Waals surface area (Å²) in [5.41, 5.74) is 9.71. The first kappa shape index (κ1) is 15.2.